The predicted molar refractivity (Wildman–Crippen MR) is 94.6 cm³/mol. The van der Waals surface area contributed by atoms with Crippen molar-refractivity contribution in [3.05, 3.63) is 29.7 Å². The van der Waals surface area contributed by atoms with E-state index in [4.69, 9.17) is 4.74 Å². The van der Waals surface area contributed by atoms with Gasteiger partial charge in [-0.25, -0.2) is 8.42 Å². The van der Waals surface area contributed by atoms with Crippen molar-refractivity contribution < 1.29 is 13.2 Å². The third kappa shape index (κ3) is 4.58. The summed E-state index contributed by atoms with van der Waals surface area (Å²) in [5, 5.41) is 3.33. The molecule has 0 spiro atoms. The Morgan fingerprint density at radius 1 is 1.52 bits per heavy atom. The molecule has 0 radical (unpaired) electrons. The standard InChI is InChI=1S/C16H22N2O3S2/c1-23(19,20)13-7-8-14(17-10-13)15-5-2-6-16(18-15)21-11-12-4-3-9-22-12/h2,6-7,10,12-13,15-16,18H,3-5,9,11H2,1H3. The van der Waals surface area contributed by atoms with Gasteiger partial charge in [0, 0.05) is 17.7 Å². The summed E-state index contributed by atoms with van der Waals surface area (Å²) in [6.07, 6.45) is 11.6. The normalized spacial score (nSPS) is 33.9. The monoisotopic (exact) mass is 354 g/mol. The molecule has 4 atom stereocenters. The van der Waals surface area contributed by atoms with Crippen LogP contribution in [0.2, 0.25) is 0 Å². The van der Waals surface area contributed by atoms with E-state index in [0.717, 1.165) is 18.7 Å². The van der Waals surface area contributed by atoms with Crippen LogP contribution in [-0.2, 0) is 14.6 Å². The van der Waals surface area contributed by atoms with Crippen LogP contribution in [0.3, 0.4) is 0 Å². The van der Waals surface area contributed by atoms with Gasteiger partial charge in [0.25, 0.3) is 0 Å². The Balaban J connectivity index is 1.58. The second-order valence-electron chi connectivity index (χ2n) is 6.04. The Kier molecular flexibility index (Phi) is 5.44. The number of thioether (sulfide) groups is 1. The minimum Gasteiger partial charge on any atom is -0.359 e. The van der Waals surface area contributed by atoms with Gasteiger partial charge in [0.2, 0.25) is 0 Å². The molecule has 0 bridgehead atoms. The average molecular weight is 354 g/mol. The van der Waals surface area contributed by atoms with Crippen molar-refractivity contribution in [2.24, 2.45) is 4.99 Å². The van der Waals surface area contributed by atoms with Crippen molar-refractivity contribution in [3.63, 3.8) is 0 Å². The van der Waals surface area contributed by atoms with Crippen LogP contribution in [0.4, 0.5) is 0 Å². The molecule has 5 nitrogen and oxygen atoms in total. The van der Waals surface area contributed by atoms with E-state index in [-0.39, 0.29) is 12.3 Å². The zero-order valence-electron chi connectivity index (χ0n) is 13.1. The van der Waals surface area contributed by atoms with Crippen LogP contribution in [-0.4, -0.2) is 56.0 Å². The van der Waals surface area contributed by atoms with Crippen LogP contribution in [0.15, 0.2) is 34.6 Å². The van der Waals surface area contributed by atoms with Crippen LogP contribution in [0.25, 0.3) is 0 Å². The maximum Gasteiger partial charge on any atom is 0.159 e. The average Bonchev–Trinajstić information content (AvgIpc) is 3.06. The van der Waals surface area contributed by atoms with Gasteiger partial charge < -0.3 is 4.74 Å². The molecule has 0 saturated carbocycles. The summed E-state index contributed by atoms with van der Waals surface area (Å²) in [6, 6.07) is 0.00856. The molecule has 3 aliphatic heterocycles. The lowest BCUT2D eigenvalue weighted by Crippen LogP contribution is -2.43. The summed E-state index contributed by atoms with van der Waals surface area (Å²) in [5.74, 6) is 1.23. The van der Waals surface area contributed by atoms with Crippen molar-refractivity contribution in [1.82, 2.24) is 5.32 Å². The van der Waals surface area contributed by atoms with Crippen molar-refractivity contribution in [2.75, 3.05) is 18.6 Å². The molecule has 0 aromatic carbocycles. The number of aliphatic imine (C=N–C) groups is 1. The third-order valence-electron chi connectivity index (χ3n) is 4.11. The molecular weight excluding hydrogens is 332 g/mol. The van der Waals surface area contributed by atoms with Gasteiger partial charge in [0.15, 0.2) is 9.84 Å². The number of ether oxygens (including phenoxy) is 1. The lowest BCUT2D eigenvalue weighted by atomic mass is 10.1. The zero-order valence-corrected chi connectivity index (χ0v) is 14.8. The quantitative estimate of drug-likeness (QED) is 0.601. The fourth-order valence-corrected chi connectivity index (χ4v) is 4.54. The lowest BCUT2D eigenvalue weighted by Gasteiger charge is -2.28. The third-order valence-corrected chi connectivity index (χ3v) is 6.73. The van der Waals surface area contributed by atoms with Crippen LogP contribution < -0.4 is 5.32 Å². The van der Waals surface area contributed by atoms with Gasteiger partial charge in [-0.15, -0.1) is 0 Å². The van der Waals surface area contributed by atoms with E-state index in [1.165, 1.54) is 31.1 Å². The van der Waals surface area contributed by atoms with Gasteiger partial charge in [-0.05, 0) is 37.2 Å². The first-order valence-electron chi connectivity index (χ1n) is 7.88. The second kappa shape index (κ2) is 7.36. The van der Waals surface area contributed by atoms with Gasteiger partial charge in [-0.3, -0.25) is 10.3 Å². The summed E-state index contributed by atoms with van der Waals surface area (Å²) in [7, 11) is -3.15. The Labute approximate surface area is 141 Å². The Morgan fingerprint density at radius 3 is 3.04 bits per heavy atom. The number of hydrogen-bond donors (Lipinski definition) is 1. The highest BCUT2D eigenvalue weighted by atomic mass is 32.2. The first kappa shape index (κ1) is 17.0. The highest BCUT2D eigenvalue weighted by Crippen LogP contribution is 2.26. The molecule has 1 N–H and O–H groups in total. The van der Waals surface area contributed by atoms with Crippen molar-refractivity contribution >= 4 is 27.8 Å². The maximum absolute atomic E-state index is 11.5. The van der Waals surface area contributed by atoms with E-state index in [1.807, 2.05) is 17.8 Å². The molecule has 126 valence electrons. The van der Waals surface area contributed by atoms with Crippen molar-refractivity contribution in [3.8, 4) is 0 Å². The molecule has 4 unspecified atom stereocenters. The first-order chi connectivity index (χ1) is 11.0. The molecule has 23 heavy (non-hydrogen) atoms. The summed E-state index contributed by atoms with van der Waals surface area (Å²) in [4.78, 5) is 4.29. The molecule has 1 saturated heterocycles. The minimum absolute atomic E-state index is 0.00856. The van der Waals surface area contributed by atoms with Gasteiger partial charge in [-0.2, -0.15) is 11.8 Å². The van der Waals surface area contributed by atoms with Gasteiger partial charge in [0.1, 0.15) is 11.5 Å². The molecule has 3 heterocycles. The van der Waals surface area contributed by atoms with Gasteiger partial charge >= 0.3 is 0 Å². The molecule has 0 aromatic rings. The molecular formula is C16H22N2O3S2. The van der Waals surface area contributed by atoms with E-state index in [0.29, 0.717) is 5.25 Å². The molecule has 0 aromatic heterocycles. The highest BCUT2D eigenvalue weighted by Gasteiger charge is 2.25. The number of nitrogens with zero attached hydrogens (tertiary/aromatic N) is 1. The zero-order chi connectivity index (χ0) is 16.3. The Bertz CT molecular complexity index is 657. The van der Waals surface area contributed by atoms with E-state index in [1.54, 1.807) is 6.08 Å². The largest absolute Gasteiger partial charge is 0.359 e. The second-order valence-corrected chi connectivity index (χ2v) is 9.65. The minimum atomic E-state index is -3.15. The maximum atomic E-state index is 11.5. The fraction of sp³-hybridized carbons (Fsp3) is 0.625. The number of nitrogens with one attached hydrogen (secondary N) is 1. The van der Waals surface area contributed by atoms with Gasteiger partial charge in [-0.1, -0.05) is 11.8 Å². The van der Waals surface area contributed by atoms with Crippen molar-refractivity contribution in [1.29, 1.82) is 0 Å². The number of rotatable bonds is 5. The summed E-state index contributed by atoms with van der Waals surface area (Å²) >= 11 is 1.98. The van der Waals surface area contributed by atoms with E-state index in [2.05, 4.69) is 22.1 Å². The Hall–Kier alpha value is -0.850. The topological polar surface area (TPSA) is 67.8 Å². The van der Waals surface area contributed by atoms with Crippen molar-refractivity contribution in [2.45, 2.75) is 42.0 Å². The van der Waals surface area contributed by atoms with Crippen LogP contribution >= 0.6 is 11.8 Å². The molecule has 1 fully saturated rings. The SMILES string of the molecule is CS(=O)(=O)C1C=C=C(C2CC=CC(OCC3CCCS3)N2)N=C1. The molecule has 3 rings (SSSR count). The van der Waals surface area contributed by atoms with Crippen LogP contribution in [0.1, 0.15) is 19.3 Å². The van der Waals surface area contributed by atoms with E-state index in [9.17, 15) is 8.42 Å². The molecule has 0 amide bonds. The van der Waals surface area contributed by atoms with Crippen LogP contribution in [0.5, 0.6) is 0 Å². The predicted octanol–water partition coefficient (Wildman–Crippen LogP) is 1.68. The van der Waals surface area contributed by atoms with E-state index >= 15 is 0 Å². The first-order valence-corrected chi connectivity index (χ1v) is 10.9. The highest BCUT2D eigenvalue weighted by molar-refractivity contribution is 8.00. The number of hydrogen-bond acceptors (Lipinski definition) is 6. The fourth-order valence-electron chi connectivity index (χ4n) is 2.77. The molecule has 7 heteroatoms. The van der Waals surface area contributed by atoms with E-state index < -0.39 is 15.1 Å². The summed E-state index contributed by atoms with van der Waals surface area (Å²) in [6.45, 7) is 0.758. The molecule has 0 aliphatic carbocycles. The van der Waals surface area contributed by atoms with Crippen LogP contribution in [0, 0.1) is 0 Å². The van der Waals surface area contributed by atoms with Gasteiger partial charge in [0.05, 0.1) is 18.3 Å². The smallest absolute Gasteiger partial charge is 0.159 e. The summed E-state index contributed by atoms with van der Waals surface area (Å²) in [5.41, 5.74) is 3.76. The summed E-state index contributed by atoms with van der Waals surface area (Å²) < 4.78 is 29.0. The Morgan fingerprint density at radius 2 is 2.39 bits per heavy atom. The molecule has 3 aliphatic rings. The lowest BCUT2D eigenvalue weighted by molar-refractivity contribution is 0.0538. The number of sulfone groups is 1.